The lowest BCUT2D eigenvalue weighted by atomic mass is 9.81. The highest BCUT2D eigenvalue weighted by molar-refractivity contribution is 6.01. The summed E-state index contributed by atoms with van der Waals surface area (Å²) in [5.41, 5.74) is -3.22. The van der Waals surface area contributed by atoms with Crippen LogP contribution in [0.1, 0.15) is 152 Å². The first-order valence-electron chi connectivity index (χ1n) is 35.6. The summed E-state index contributed by atoms with van der Waals surface area (Å²) >= 11 is 0. The van der Waals surface area contributed by atoms with Gasteiger partial charge in [-0.25, -0.2) is 17.6 Å². The second-order valence-corrected chi connectivity index (χ2v) is 28.9. The molecule has 5 fully saturated rings. The lowest BCUT2D eigenvalue weighted by Gasteiger charge is -2.43. The molecule has 24 nitrogen and oxygen atoms in total. The van der Waals surface area contributed by atoms with E-state index >= 15 is 36.7 Å². The summed E-state index contributed by atoms with van der Waals surface area (Å²) in [5.74, 6) is -19.5. The molecule has 0 bridgehead atoms. The Hall–Kier alpha value is -8.41. The zero-order valence-electron chi connectivity index (χ0n) is 60.9. The van der Waals surface area contributed by atoms with Gasteiger partial charge in [-0.05, 0) is 99.8 Å². The van der Waals surface area contributed by atoms with Gasteiger partial charge < -0.3 is 60.0 Å². The molecule has 31 heteroatoms. The summed E-state index contributed by atoms with van der Waals surface area (Å²) in [7, 11) is 9.13. The Bertz CT molecular complexity index is 3430. The number of nitrogens with zero attached hydrogens (tertiary/aromatic N) is 9. The first-order chi connectivity index (χ1) is 48.3. The van der Waals surface area contributed by atoms with Gasteiger partial charge in [-0.2, -0.15) is 13.2 Å². The standard InChI is InChI=1S/C72H101F7N12O12/c1-12-21-51-62(96)81-60(44(4)13-2)67(101)85(7)40-57(94)83(5)41-58(95)87(9)52(36-45-26-24-43(3)25-27-45)65(99)84(6)39-55(92)80-50(29-28-46-34-48(73)59(49(74)35-46)72(77,78)79)64(98)91-42-71(75,76)38-54(91)63(97)82-70(30-17-18-31-70)69(103)89(11)61(47-22-15-14-16-23-47)68(102)88(10)53(37-56(93)86(51)8)66(100)90-32-19-20-33-90/h24-27,34-35,44,47,50-54,60-61H,12-23,28-33,36-42H2,1-11H3,(H,80,92)(H,81,96)(H,82,97)/t44-,50-,51-,52-,53-,54-,60-,61-/m0/s1. The monoisotopic (exact) mass is 1460 g/mol. The number of carbonyl (C=O) groups excluding carboxylic acids is 12. The SMILES string of the molecule is CCC[C@H]1C(=O)N[C@@H]([C@@H](C)CC)C(=O)N(C)CC(=O)N(C)CC(=O)N(C)[C@@H](Cc2ccc(C)cc2)C(=O)N(C)CC(=O)N[C@@H](CCc2cc(F)c(C(F)(F)F)c(F)c2)C(=O)N2CC(F)(F)C[C@H]2C(=O)NC2(CCCC2)C(=O)N(C)[C@@H](C2CCCCC2)C(=O)N(C)[C@H](C(=O)N2CCCC2)CC(=O)N1C. The molecular formula is C72H101F7N12O12. The van der Waals surface area contributed by atoms with Crippen LogP contribution in [0, 0.1) is 30.4 Å². The smallest absolute Gasteiger partial charge is 0.343 e. The third kappa shape index (κ3) is 19.9. The average molecular weight is 1460 g/mol. The van der Waals surface area contributed by atoms with Crippen molar-refractivity contribution in [1.82, 2.24) is 60.0 Å². The van der Waals surface area contributed by atoms with Gasteiger partial charge in [0.2, 0.25) is 70.9 Å². The molecule has 3 aliphatic heterocycles. The number of rotatable bonds is 11. The molecule has 0 radical (unpaired) electrons. The van der Waals surface area contributed by atoms with Crippen molar-refractivity contribution in [2.75, 3.05) is 88.6 Å². The molecule has 8 atom stereocenters. The van der Waals surface area contributed by atoms with E-state index in [1.165, 1.54) is 64.0 Å². The number of fused-ring (bicyclic) bond motifs is 1. The van der Waals surface area contributed by atoms with Crippen LogP contribution in [0.25, 0.3) is 0 Å². The van der Waals surface area contributed by atoms with Gasteiger partial charge in [0.15, 0.2) is 0 Å². The van der Waals surface area contributed by atoms with E-state index in [1.54, 1.807) is 45.0 Å². The Morgan fingerprint density at radius 2 is 1.21 bits per heavy atom. The third-order valence-corrected chi connectivity index (χ3v) is 21.3. The molecule has 103 heavy (non-hydrogen) atoms. The highest BCUT2D eigenvalue weighted by Crippen LogP contribution is 2.39. The number of hydrogen-bond acceptors (Lipinski definition) is 12. The first kappa shape index (κ1) is 81.9. The zero-order chi connectivity index (χ0) is 76.3. The highest BCUT2D eigenvalue weighted by atomic mass is 19.4. The van der Waals surface area contributed by atoms with Crippen molar-refractivity contribution in [3.63, 3.8) is 0 Å². The van der Waals surface area contributed by atoms with Gasteiger partial charge in [0, 0.05) is 75.3 Å². The van der Waals surface area contributed by atoms with Crippen LogP contribution in [-0.4, -0.2) is 257 Å². The molecule has 0 unspecified atom stereocenters. The lowest BCUT2D eigenvalue weighted by Crippen LogP contribution is -2.65. The largest absolute Gasteiger partial charge is 0.422 e. The molecule has 3 N–H and O–H groups in total. The van der Waals surface area contributed by atoms with Crippen LogP contribution in [0.5, 0.6) is 0 Å². The van der Waals surface area contributed by atoms with Gasteiger partial charge in [-0.3, -0.25) is 57.5 Å². The molecule has 12 amide bonds. The van der Waals surface area contributed by atoms with Crippen LogP contribution in [0.3, 0.4) is 0 Å². The second kappa shape index (κ2) is 34.9. The van der Waals surface area contributed by atoms with Crippen molar-refractivity contribution >= 4 is 70.9 Å². The number of benzene rings is 2. The summed E-state index contributed by atoms with van der Waals surface area (Å²) in [5, 5.41) is 7.93. The molecule has 0 aromatic heterocycles. The number of aryl methyl sites for hydroxylation is 2. The van der Waals surface area contributed by atoms with E-state index in [2.05, 4.69) is 16.0 Å². The van der Waals surface area contributed by atoms with E-state index < -0.39 is 217 Å². The molecule has 3 heterocycles. The number of hydrogen-bond donors (Lipinski definition) is 3. The third-order valence-electron chi connectivity index (χ3n) is 21.3. The Kier molecular flexibility index (Phi) is 27.8. The van der Waals surface area contributed by atoms with Crippen molar-refractivity contribution in [2.45, 2.75) is 210 Å². The zero-order valence-corrected chi connectivity index (χ0v) is 60.9. The Labute approximate surface area is 597 Å². The molecular weight excluding hydrogens is 1360 g/mol. The highest BCUT2D eigenvalue weighted by Gasteiger charge is 2.55. The lowest BCUT2D eigenvalue weighted by molar-refractivity contribution is -0.156. The van der Waals surface area contributed by atoms with Crippen LogP contribution in [0.15, 0.2) is 36.4 Å². The summed E-state index contributed by atoms with van der Waals surface area (Å²) in [6.07, 6.45) is -3.63. The number of carbonyl (C=O) groups is 12. The fourth-order valence-corrected chi connectivity index (χ4v) is 14.8. The normalized spacial score (nSPS) is 25.7. The summed E-state index contributed by atoms with van der Waals surface area (Å²) < 4.78 is 104. The minimum atomic E-state index is -5.47. The number of amides is 12. The molecule has 2 aromatic rings. The predicted octanol–water partition coefficient (Wildman–Crippen LogP) is 5.24. The van der Waals surface area contributed by atoms with Crippen molar-refractivity contribution in [3.8, 4) is 0 Å². The van der Waals surface area contributed by atoms with Gasteiger partial charge in [-0.1, -0.05) is 95.5 Å². The fraction of sp³-hybridized carbons (Fsp3) is 0.667. The van der Waals surface area contributed by atoms with E-state index in [9.17, 15) is 51.5 Å². The van der Waals surface area contributed by atoms with E-state index in [0.717, 1.165) is 36.5 Å². The van der Waals surface area contributed by atoms with Gasteiger partial charge in [-0.15, -0.1) is 0 Å². The quantitative estimate of drug-likeness (QED) is 0.244. The number of likely N-dealkylation sites (N-methyl/N-ethyl adjacent to an activating group) is 7. The Morgan fingerprint density at radius 3 is 1.80 bits per heavy atom. The Morgan fingerprint density at radius 1 is 0.631 bits per heavy atom. The number of alkyl halides is 5. The van der Waals surface area contributed by atoms with Gasteiger partial charge in [0.25, 0.3) is 5.92 Å². The topological polar surface area (TPSA) is 270 Å². The Balaban J connectivity index is 1.32. The molecule has 2 saturated carbocycles. The molecule has 2 aliphatic carbocycles. The molecule has 1 spiro atoms. The van der Waals surface area contributed by atoms with Crippen LogP contribution in [-0.2, 0) is 76.6 Å². The number of nitrogens with one attached hydrogen (secondary N) is 3. The minimum Gasteiger partial charge on any atom is -0.343 e. The minimum absolute atomic E-state index is 0.0772. The predicted molar refractivity (Wildman–Crippen MR) is 363 cm³/mol. The summed E-state index contributed by atoms with van der Waals surface area (Å²) in [6.45, 7) is 4.02. The van der Waals surface area contributed by atoms with Crippen LogP contribution >= 0.6 is 0 Å². The number of halogens is 7. The second-order valence-electron chi connectivity index (χ2n) is 28.9. The van der Waals surface area contributed by atoms with Crippen molar-refractivity contribution < 1.29 is 88.3 Å². The average Bonchev–Trinajstić information content (AvgIpc) is 1.53. The van der Waals surface area contributed by atoms with Crippen molar-refractivity contribution in [2.24, 2.45) is 11.8 Å². The molecule has 3 saturated heterocycles. The molecule has 2 aromatic carbocycles. The maximum atomic E-state index is 16.1. The van der Waals surface area contributed by atoms with E-state index in [1.807, 2.05) is 6.92 Å². The van der Waals surface area contributed by atoms with E-state index in [-0.39, 0.29) is 25.7 Å². The molecule has 5 aliphatic rings. The van der Waals surface area contributed by atoms with Gasteiger partial charge in [0.1, 0.15) is 65.0 Å². The fourth-order valence-electron chi connectivity index (χ4n) is 14.8. The van der Waals surface area contributed by atoms with E-state index in [4.69, 9.17) is 0 Å². The molecule has 570 valence electrons. The van der Waals surface area contributed by atoms with Crippen LogP contribution in [0.4, 0.5) is 30.7 Å². The van der Waals surface area contributed by atoms with Crippen LogP contribution in [0.2, 0.25) is 0 Å². The maximum Gasteiger partial charge on any atom is 0.422 e. The van der Waals surface area contributed by atoms with E-state index in [0.29, 0.717) is 99.9 Å². The van der Waals surface area contributed by atoms with Gasteiger partial charge in [0.05, 0.1) is 32.6 Å². The van der Waals surface area contributed by atoms with Gasteiger partial charge >= 0.3 is 6.18 Å². The maximum absolute atomic E-state index is 16.1. The molecule has 7 rings (SSSR count). The first-order valence-corrected chi connectivity index (χ1v) is 35.6. The van der Waals surface area contributed by atoms with Crippen molar-refractivity contribution in [1.29, 1.82) is 0 Å². The summed E-state index contributed by atoms with van der Waals surface area (Å²) in [6, 6.07) is -3.33. The number of likely N-dealkylation sites (tertiary alicyclic amines) is 1. The van der Waals surface area contributed by atoms with Crippen LogP contribution < -0.4 is 16.0 Å². The summed E-state index contributed by atoms with van der Waals surface area (Å²) in [4.78, 5) is 188. The van der Waals surface area contributed by atoms with Crippen molar-refractivity contribution in [3.05, 3.63) is 70.3 Å².